The molecule has 1 unspecified atom stereocenters. The lowest BCUT2D eigenvalue weighted by molar-refractivity contribution is -0.140. The van der Waals surface area contributed by atoms with Crippen molar-refractivity contribution in [2.75, 3.05) is 6.54 Å². The Kier molecular flexibility index (Phi) is 5.65. The largest absolute Gasteiger partial charge is 0.390 e. The number of nitrogens with zero attached hydrogens (tertiary/aromatic N) is 2. The van der Waals surface area contributed by atoms with Crippen molar-refractivity contribution < 1.29 is 13.2 Å². The van der Waals surface area contributed by atoms with Gasteiger partial charge in [0.25, 0.3) is 0 Å². The van der Waals surface area contributed by atoms with E-state index in [-0.39, 0.29) is 0 Å². The molecule has 0 saturated heterocycles. The first-order valence-corrected chi connectivity index (χ1v) is 6.28. The summed E-state index contributed by atoms with van der Waals surface area (Å²) in [5, 5.41) is 7.00. The summed E-state index contributed by atoms with van der Waals surface area (Å²) in [6.45, 7) is 5.23. The van der Waals surface area contributed by atoms with Gasteiger partial charge in [-0.25, -0.2) is 0 Å². The van der Waals surface area contributed by atoms with Crippen LogP contribution in [0.3, 0.4) is 0 Å². The third kappa shape index (κ3) is 5.08. The number of hydrogen-bond acceptors (Lipinski definition) is 2. The highest BCUT2D eigenvalue weighted by atomic mass is 19.4. The summed E-state index contributed by atoms with van der Waals surface area (Å²) in [5.74, 6) is 0. The minimum atomic E-state index is -4.17. The number of rotatable bonds is 7. The topological polar surface area (TPSA) is 29.9 Å². The number of hydrogen-bond donors (Lipinski definition) is 1. The van der Waals surface area contributed by atoms with Crippen LogP contribution in [0.4, 0.5) is 13.2 Å². The van der Waals surface area contributed by atoms with Gasteiger partial charge in [-0.15, -0.1) is 0 Å². The van der Waals surface area contributed by atoms with Gasteiger partial charge < -0.3 is 5.32 Å². The first-order valence-electron chi connectivity index (χ1n) is 6.28. The van der Waals surface area contributed by atoms with Gasteiger partial charge in [0, 0.05) is 24.3 Å². The summed E-state index contributed by atoms with van der Waals surface area (Å²) in [7, 11) is 0. The van der Waals surface area contributed by atoms with E-state index in [4.69, 9.17) is 0 Å². The summed E-state index contributed by atoms with van der Waals surface area (Å²) < 4.78 is 39.2. The standard InChI is InChI=1S/C12H20F3N3/c1-3-5-16-11(7-12(13,14)15)10-8-17-18(9-10)6-4-2/h8-9,11,16H,3-7H2,1-2H3. The maximum Gasteiger partial charge on any atom is 0.390 e. The summed E-state index contributed by atoms with van der Waals surface area (Å²) in [6.07, 6.45) is -0.0920. The predicted molar refractivity (Wildman–Crippen MR) is 64.2 cm³/mol. The monoisotopic (exact) mass is 263 g/mol. The average molecular weight is 263 g/mol. The molecular formula is C12H20F3N3. The Morgan fingerprint density at radius 3 is 2.61 bits per heavy atom. The van der Waals surface area contributed by atoms with Crippen LogP contribution in [0, 0.1) is 0 Å². The molecule has 1 atom stereocenters. The Labute approximate surface area is 105 Å². The van der Waals surface area contributed by atoms with Crippen molar-refractivity contribution >= 4 is 0 Å². The zero-order valence-corrected chi connectivity index (χ0v) is 10.8. The van der Waals surface area contributed by atoms with Crippen molar-refractivity contribution in [1.29, 1.82) is 0 Å². The minimum Gasteiger partial charge on any atom is -0.310 e. The van der Waals surface area contributed by atoms with Crippen molar-refractivity contribution in [2.24, 2.45) is 0 Å². The van der Waals surface area contributed by atoms with Crippen LogP contribution >= 0.6 is 0 Å². The molecule has 0 aromatic carbocycles. The zero-order valence-electron chi connectivity index (χ0n) is 10.8. The normalized spacial score (nSPS) is 13.8. The van der Waals surface area contributed by atoms with Gasteiger partial charge in [-0.2, -0.15) is 18.3 Å². The second kappa shape index (κ2) is 6.78. The van der Waals surface area contributed by atoms with E-state index in [0.717, 1.165) is 19.4 Å². The molecule has 0 amide bonds. The summed E-state index contributed by atoms with van der Waals surface area (Å²) in [6, 6.07) is -0.699. The van der Waals surface area contributed by atoms with Gasteiger partial charge in [-0.1, -0.05) is 13.8 Å². The third-order valence-corrected chi connectivity index (χ3v) is 2.58. The van der Waals surface area contributed by atoms with Crippen molar-refractivity contribution in [2.45, 2.75) is 51.9 Å². The van der Waals surface area contributed by atoms with Crippen LogP contribution in [0.25, 0.3) is 0 Å². The van der Waals surface area contributed by atoms with E-state index in [2.05, 4.69) is 10.4 Å². The molecule has 1 aromatic heterocycles. The fourth-order valence-electron chi connectivity index (χ4n) is 1.77. The second-order valence-corrected chi connectivity index (χ2v) is 4.36. The van der Waals surface area contributed by atoms with Crippen molar-refractivity contribution in [1.82, 2.24) is 15.1 Å². The van der Waals surface area contributed by atoms with E-state index in [9.17, 15) is 13.2 Å². The van der Waals surface area contributed by atoms with E-state index in [1.807, 2.05) is 13.8 Å². The highest BCUT2D eigenvalue weighted by Gasteiger charge is 2.32. The number of aromatic nitrogens is 2. The molecule has 0 saturated carbocycles. The average Bonchev–Trinajstić information content (AvgIpc) is 2.72. The Morgan fingerprint density at radius 2 is 2.06 bits per heavy atom. The number of alkyl halides is 3. The quantitative estimate of drug-likeness (QED) is 0.818. The molecule has 3 nitrogen and oxygen atoms in total. The first kappa shape index (κ1) is 15.0. The molecule has 0 spiro atoms. The molecule has 0 aliphatic rings. The number of aryl methyl sites for hydroxylation is 1. The lowest BCUT2D eigenvalue weighted by atomic mass is 10.1. The Morgan fingerprint density at radius 1 is 1.33 bits per heavy atom. The maximum absolute atomic E-state index is 12.5. The Hall–Kier alpha value is -1.04. The fraction of sp³-hybridized carbons (Fsp3) is 0.750. The molecule has 6 heteroatoms. The van der Waals surface area contributed by atoms with E-state index in [1.54, 1.807) is 10.9 Å². The minimum absolute atomic E-state index is 0.569. The molecule has 0 aliphatic carbocycles. The molecule has 0 aliphatic heterocycles. The molecule has 0 bridgehead atoms. The van der Waals surface area contributed by atoms with Crippen LogP contribution in [-0.4, -0.2) is 22.5 Å². The second-order valence-electron chi connectivity index (χ2n) is 4.36. The van der Waals surface area contributed by atoms with Gasteiger partial charge in [-0.3, -0.25) is 4.68 Å². The summed E-state index contributed by atoms with van der Waals surface area (Å²) >= 11 is 0. The van der Waals surface area contributed by atoms with Crippen LogP contribution in [-0.2, 0) is 6.54 Å². The molecular weight excluding hydrogens is 243 g/mol. The Balaban J connectivity index is 2.73. The lowest BCUT2D eigenvalue weighted by Gasteiger charge is -2.18. The molecule has 18 heavy (non-hydrogen) atoms. The van der Waals surface area contributed by atoms with Crippen LogP contribution in [0.5, 0.6) is 0 Å². The molecule has 1 aromatic rings. The smallest absolute Gasteiger partial charge is 0.310 e. The Bertz CT molecular complexity index is 347. The molecule has 1 N–H and O–H groups in total. The van der Waals surface area contributed by atoms with Crippen molar-refractivity contribution in [3.05, 3.63) is 18.0 Å². The highest BCUT2D eigenvalue weighted by molar-refractivity contribution is 5.10. The summed E-state index contributed by atoms with van der Waals surface area (Å²) in [4.78, 5) is 0. The van der Waals surface area contributed by atoms with E-state index in [0.29, 0.717) is 12.1 Å². The third-order valence-electron chi connectivity index (χ3n) is 2.58. The fourth-order valence-corrected chi connectivity index (χ4v) is 1.77. The van der Waals surface area contributed by atoms with Gasteiger partial charge in [0.2, 0.25) is 0 Å². The number of halogens is 3. The molecule has 1 rings (SSSR count). The van der Waals surface area contributed by atoms with Crippen molar-refractivity contribution in [3.63, 3.8) is 0 Å². The first-order chi connectivity index (χ1) is 8.46. The predicted octanol–water partition coefficient (Wildman–Crippen LogP) is 3.29. The molecule has 104 valence electrons. The van der Waals surface area contributed by atoms with Gasteiger partial charge in [0.1, 0.15) is 0 Å². The van der Waals surface area contributed by atoms with E-state index in [1.165, 1.54) is 6.20 Å². The van der Waals surface area contributed by atoms with E-state index < -0.39 is 18.6 Å². The van der Waals surface area contributed by atoms with Crippen molar-refractivity contribution in [3.8, 4) is 0 Å². The van der Waals surface area contributed by atoms with Gasteiger partial charge >= 0.3 is 6.18 Å². The number of nitrogens with one attached hydrogen (secondary N) is 1. The zero-order chi connectivity index (χ0) is 13.6. The van der Waals surface area contributed by atoms with Crippen LogP contribution in [0.2, 0.25) is 0 Å². The molecule has 0 fully saturated rings. The molecule has 1 heterocycles. The lowest BCUT2D eigenvalue weighted by Crippen LogP contribution is -2.27. The van der Waals surface area contributed by atoms with Crippen LogP contribution in [0.1, 0.15) is 44.7 Å². The van der Waals surface area contributed by atoms with Gasteiger partial charge in [-0.05, 0) is 19.4 Å². The molecule has 0 radical (unpaired) electrons. The van der Waals surface area contributed by atoms with Crippen LogP contribution in [0.15, 0.2) is 12.4 Å². The maximum atomic E-state index is 12.5. The summed E-state index contributed by atoms with van der Waals surface area (Å²) in [5.41, 5.74) is 0.606. The SMILES string of the molecule is CCCNC(CC(F)(F)F)c1cnn(CCC)c1. The van der Waals surface area contributed by atoms with Gasteiger partial charge in [0.15, 0.2) is 0 Å². The van der Waals surface area contributed by atoms with Crippen LogP contribution < -0.4 is 5.32 Å². The van der Waals surface area contributed by atoms with Gasteiger partial charge in [0.05, 0.1) is 12.6 Å². The van der Waals surface area contributed by atoms with E-state index >= 15 is 0 Å². The highest BCUT2D eigenvalue weighted by Crippen LogP contribution is 2.29.